The van der Waals surface area contributed by atoms with Crippen LogP contribution in [0.2, 0.25) is 0 Å². The number of amides is 2. The van der Waals surface area contributed by atoms with Crippen LogP contribution in [0.4, 0.5) is 0 Å². The highest BCUT2D eigenvalue weighted by atomic mass is 79.9. The highest BCUT2D eigenvalue weighted by Gasteiger charge is 2.10. The Morgan fingerprint density at radius 1 is 1.08 bits per heavy atom. The molecule has 0 bridgehead atoms. The van der Waals surface area contributed by atoms with Gasteiger partial charge in [0.1, 0.15) is 0 Å². The molecule has 2 amide bonds. The van der Waals surface area contributed by atoms with Gasteiger partial charge in [-0.1, -0.05) is 12.1 Å². The van der Waals surface area contributed by atoms with Crippen molar-refractivity contribution in [2.24, 2.45) is 0 Å². The van der Waals surface area contributed by atoms with Gasteiger partial charge in [-0.15, -0.1) is 11.3 Å². The maximum Gasteiger partial charge on any atom is 0.337 e. The molecule has 0 atom stereocenters. The summed E-state index contributed by atoms with van der Waals surface area (Å²) < 4.78 is 5.50. The van der Waals surface area contributed by atoms with Crippen LogP contribution in [0.5, 0.6) is 0 Å². The monoisotopic (exact) mass is 424 g/mol. The van der Waals surface area contributed by atoms with Crippen LogP contribution in [0.1, 0.15) is 25.6 Å². The maximum atomic E-state index is 11.8. The van der Waals surface area contributed by atoms with Crippen molar-refractivity contribution in [3.05, 3.63) is 56.2 Å². The molecular formula is C17H17BrN2O4S. The van der Waals surface area contributed by atoms with Crippen LogP contribution in [0.3, 0.4) is 0 Å². The van der Waals surface area contributed by atoms with E-state index in [2.05, 4.69) is 31.3 Å². The van der Waals surface area contributed by atoms with Gasteiger partial charge < -0.3 is 15.4 Å². The number of methoxy groups -OCH3 is 1. The first-order chi connectivity index (χ1) is 12.0. The second-order valence-corrected chi connectivity index (χ2v) is 7.54. The van der Waals surface area contributed by atoms with Crippen molar-refractivity contribution in [2.75, 3.05) is 20.2 Å². The van der Waals surface area contributed by atoms with Gasteiger partial charge in [0.2, 0.25) is 5.91 Å². The quantitative estimate of drug-likeness (QED) is 0.668. The summed E-state index contributed by atoms with van der Waals surface area (Å²) in [5, 5.41) is 5.31. The van der Waals surface area contributed by atoms with Gasteiger partial charge in [0.05, 0.1) is 27.9 Å². The average Bonchev–Trinajstić information content (AvgIpc) is 3.06. The van der Waals surface area contributed by atoms with Gasteiger partial charge in [0.15, 0.2) is 0 Å². The van der Waals surface area contributed by atoms with Crippen molar-refractivity contribution in [3.8, 4) is 0 Å². The molecule has 6 nitrogen and oxygen atoms in total. The molecule has 1 aromatic carbocycles. The number of halogens is 1. The molecule has 2 N–H and O–H groups in total. The number of nitrogens with one attached hydrogen (secondary N) is 2. The van der Waals surface area contributed by atoms with E-state index in [4.69, 9.17) is 0 Å². The molecule has 0 fully saturated rings. The van der Waals surface area contributed by atoms with Crippen molar-refractivity contribution in [1.82, 2.24) is 10.6 Å². The topological polar surface area (TPSA) is 84.5 Å². The molecule has 2 rings (SSSR count). The minimum absolute atomic E-state index is 0.0738. The van der Waals surface area contributed by atoms with Crippen LogP contribution in [-0.2, 0) is 16.0 Å². The Balaban J connectivity index is 1.70. The molecule has 0 saturated carbocycles. The molecule has 0 saturated heterocycles. The Morgan fingerprint density at radius 2 is 1.80 bits per heavy atom. The fourth-order valence-corrected chi connectivity index (χ4v) is 3.32. The van der Waals surface area contributed by atoms with Crippen LogP contribution in [-0.4, -0.2) is 38.0 Å². The molecule has 0 aliphatic rings. The predicted octanol–water partition coefficient (Wildman–Crippen LogP) is 2.39. The second-order valence-electron chi connectivity index (χ2n) is 5.07. The number of rotatable bonds is 7. The summed E-state index contributed by atoms with van der Waals surface area (Å²) in [4.78, 5) is 35.5. The van der Waals surface area contributed by atoms with Crippen molar-refractivity contribution < 1.29 is 19.1 Å². The highest BCUT2D eigenvalue weighted by Crippen LogP contribution is 2.21. The first-order valence-corrected chi connectivity index (χ1v) is 9.08. The summed E-state index contributed by atoms with van der Waals surface area (Å²) >= 11 is 4.59. The van der Waals surface area contributed by atoms with E-state index in [1.165, 1.54) is 18.4 Å². The van der Waals surface area contributed by atoms with Crippen molar-refractivity contribution in [2.45, 2.75) is 6.42 Å². The zero-order valence-electron chi connectivity index (χ0n) is 13.5. The summed E-state index contributed by atoms with van der Waals surface area (Å²) in [7, 11) is 1.34. The van der Waals surface area contributed by atoms with E-state index in [1.54, 1.807) is 24.3 Å². The SMILES string of the molecule is COC(=O)c1ccc(CCNC(=O)CNC(=O)c2ccc(Br)s2)cc1. The van der Waals surface area contributed by atoms with Gasteiger partial charge in [-0.3, -0.25) is 9.59 Å². The number of benzene rings is 1. The van der Waals surface area contributed by atoms with Crippen LogP contribution in [0.15, 0.2) is 40.2 Å². The second kappa shape index (κ2) is 9.33. The lowest BCUT2D eigenvalue weighted by Crippen LogP contribution is -2.37. The number of esters is 1. The van der Waals surface area contributed by atoms with E-state index in [1.807, 2.05) is 12.1 Å². The molecule has 8 heteroatoms. The zero-order valence-corrected chi connectivity index (χ0v) is 15.9. The minimum atomic E-state index is -0.381. The van der Waals surface area contributed by atoms with E-state index in [9.17, 15) is 14.4 Å². The highest BCUT2D eigenvalue weighted by molar-refractivity contribution is 9.11. The first-order valence-electron chi connectivity index (χ1n) is 7.47. The van der Waals surface area contributed by atoms with Gasteiger partial charge in [-0.2, -0.15) is 0 Å². The van der Waals surface area contributed by atoms with E-state index in [0.29, 0.717) is 23.4 Å². The molecule has 0 aliphatic heterocycles. The molecule has 25 heavy (non-hydrogen) atoms. The zero-order chi connectivity index (χ0) is 18.2. The summed E-state index contributed by atoms with van der Waals surface area (Å²) in [6.45, 7) is 0.368. The third-order valence-electron chi connectivity index (χ3n) is 3.32. The number of carbonyl (C=O) groups is 3. The molecule has 1 heterocycles. The summed E-state index contributed by atoms with van der Waals surface area (Å²) in [6.07, 6.45) is 0.624. The van der Waals surface area contributed by atoms with Gasteiger partial charge in [-0.05, 0) is 52.2 Å². The van der Waals surface area contributed by atoms with Gasteiger partial charge in [0.25, 0.3) is 5.91 Å². The molecule has 132 valence electrons. The minimum Gasteiger partial charge on any atom is -0.465 e. The molecular weight excluding hydrogens is 408 g/mol. The largest absolute Gasteiger partial charge is 0.465 e. The third kappa shape index (κ3) is 5.99. The van der Waals surface area contributed by atoms with E-state index in [-0.39, 0.29) is 24.3 Å². The van der Waals surface area contributed by atoms with Crippen LogP contribution in [0.25, 0.3) is 0 Å². The number of ether oxygens (including phenoxy) is 1. The molecule has 1 aromatic heterocycles. The van der Waals surface area contributed by atoms with E-state index < -0.39 is 0 Å². The Labute approximate surface area is 157 Å². The summed E-state index contributed by atoms with van der Waals surface area (Å²) in [6, 6.07) is 10.5. The Kier molecular flexibility index (Phi) is 7.15. The average molecular weight is 425 g/mol. The summed E-state index contributed by atoms with van der Waals surface area (Å²) in [5.41, 5.74) is 1.47. The van der Waals surface area contributed by atoms with Crippen LogP contribution >= 0.6 is 27.3 Å². The van der Waals surface area contributed by atoms with Crippen LogP contribution in [0, 0.1) is 0 Å². The fourth-order valence-electron chi connectivity index (χ4n) is 2.02. The molecule has 0 spiro atoms. The van der Waals surface area contributed by atoms with Crippen molar-refractivity contribution >= 4 is 45.1 Å². The summed E-state index contributed by atoms with van der Waals surface area (Å²) in [5.74, 6) is -0.909. The van der Waals surface area contributed by atoms with Crippen LogP contribution < -0.4 is 10.6 Å². The smallest absolute Gasteiger partial charge is 0.337 e. The lowest BCUT2D eigenvalue weighted by molar-refractivity contribution is -0.120. The van der Waals surface area contributed by atoms with Crippen molar-refractivity contribution in [1.29, 1.82) is 0 Å². The fraction of sp³-hybridized carbons (Fsp3) is 0.235. The lowest BCUT2D eigenvalue weighted by Gasteiger charge is -2.07. The Morgan fingerprint density at radius 3 is 2.40 bits per heavy atom. The van der Waals surface area contributed by atoms with Gasteiger partial charge >= 0.3 is 5.97 Å². The number of hydrogen-bond acceptors (Lipinski definition) is 5. The Hall–Kier alpha value is -2.19. The number of thiophene rings is 1. The molecule has 0 aliphatic carbocycles. The normalized spacial score (nSPS) is 10.2. The van der Waals surface area contributed by atoms with Gasteiger partial charge in [-0.25, -0.2) is 4.79 Å². The molecule has 0 unspecified atom stereocenters. The predicted molar refractivity (Wildman–Crippen MR) is 98.8 cm³/mol. The molecule has 0 radical (unpaired) electrons. The maximum absolute atomic E-state index is 11.8. The van der Waals surface area contributed by atoms with E-state index >= 15 is 0 Å². The van der Waals surface area contributed by atoms with Crippen molar-refractivity contribution in [3.63, 3.8) is 0 Å². The standard InChI is InChI=1S/C17H17BrN2O4S/c1-24-17(23)12-4-2-11(3-5-12)8-9-19-15(21)10-20-16(22)13-6-7-14(18)25-13/h2-7H,8-10H2,1H3,(H,19,21)(H,20,22). The first kappa shape index (κ1) is 19.1. The van der Waals surface area contributed by atoms with E-state index in [0.717, 1.165) is 9.35 Å². The third-order valence-corrected chi connectivity index (χ3v) is 4.94. The molecule has 2 aromatic rings. The Bertz CT molecular complexity index is 758. The lowest BCUT2D eigenvalue weighted by atomic mass is 10.1. The van der Waals surface area contributed by atoms with Gasteiger partial charge in [0, 0.05) is 6.54 Å². The number of hydrogen-bond donors (Lipinski definition) is 2. The number of carbonyl (C=O) groups excluding carboxylic acids is 3.